The summed E-state index contributed by atoms with van der Waals surface area (Å²) >= 11 is 0. The van der Waals surface area contributed by atoms with Gasteiger partial charge in [-0.25, -0.2) is 0 Å². The minimum absolute atomic E-state index is 0.00655. The summed E-state index contributed by atoms with van der Waals surface area (Å²) < 4.78 is 0. The van der Waals surface area contributed by atoms with Crippen molar-refractivity contribution in [3.05, 3.63) is 0 Å². The molecule has 0 aliphatic heterocycles. The van der Waals surface area contributed by atoms with E-state index >= 15 is 0 Å². The van der Waals surface area contributed by atoms with Crippen LogP contribution in [0.3, 0.4) is 0 Å². The van der Waals surface area contributed by atoms with Crippen molar-refractivity contribution in [1.29, 1.82) is 0 Å². The van der Waals surface area contributed by atoms with E-state index in [-0.39, 0.29) is 24.3 Å². The number of unbranched alkanes of at least 4 members (excludes halogenated alkanes) is 3. The Morgan fingerprint density at radius 3 is 2.14 bits per heavy atom. The molecule has 1 atom stereocenters. The third kappa shape index (κ3) is 11.3. The van der Waals surface area contributed by atoms with Crippen LogP contribution >= 0.6 is 0 Å². The Labute approximate surface area is 129 Å². The Morgan fingerprint density at radius 1 is 0.952 bits per heavy atom. The first-order valence-electron chi connectivity index (χ1n) is 8.14. The van der Waals surface area contributed by atoms with Gasteiger partial charge < -0.3 is 16.4 Å². The van der Waals surface area contributed by atoms with E-state index in [0.717, 1.165) is 18.8 Å². The summed E-state index contributed by atoms with van der Waals surface area (Å²) in [5.41, 5.74) is 5.69. The predicted molar refractivity (Wildman–Crippen MR) is 86.8 cm³/mol. The van der Waals surface area contributed by atoms with E-state index in [1.165, 1.54) is 19.3 Å². The number of carbonyl (C=O) groups excluding carboxylic acids is 2. The summed E-state index contributed by atoms with van der Waals surface area (Å²) in [7, 11) is 0. The van der Waals surface area contributed by atoms with E-state index in [0.29, 0.717) is 6.54 Å². The molecule has 0 rings (SSSR count). The summed E-state index contributed by atoms with van der Waals surface area (Å²) in [6.07, 6.45) is 5.87. The topological polar surface area (TPSA) is 84.2 Å². The molecule has 21 heavy (non-hydrogen) atoms. The second kappa shape index (κ2) is 11.5. The molecular weight excluding hydrogens is 266 g/mol. The van der Waals surface area contributed by atoms with Gasteiger partial charge in [0, 0.05) is 6.54 Å². The van der Waals surface area contributed by atoms with Crippen LogP contribution in [0.25, 0.3) is 0 Å². The summed E-state index contributed by atoms with van der Waals surface area (Å²) in [4.78, 5) is 23.1. The van der Waals surface area contributed by atoms with Crippen molar-refractivity contribution in [1.82, 2.24) is 10.6 Å². The van der Waals surface area contributed by atoms with Gasteiger partial charge in [-0.1, -0.05) is 53.4 Å². The lowest BCUT2D eigenvalue weighted by molar-refractivity contribution is -0.127. The third-order valence-corrected chi connectivity index (χ3v) is 3.47. The largest absolute Gasteiger partial charge is 0.355 e. The zero-order valence-corrected chi connectivity index (χ0v) is 14.1. The number of hydrogen-bond acceptors (Lipinski definition) is 3. The van der Waals surface area contributed by atoms with Crippen LogP contribution < -0.4 is 16.4 Å². The first-order valence-corrected chi connectivity index (χ1v) is 8.14. The highest BCUT2D eigenvalue weighted by molar-refractivity contribution is 5.87. The lowest BCUT2D eigenvalue weighted by Gasteiger charge is -2.15. The maximum atomic E-state index is 11.6. The van der Waals surface area contributed by atoms with Gasteiger partial charge in [-0.3, -0.25) is 9.59 Å². The molecule has 5 heteroatoms. The van der Waals surface area contributed by atoms with Crippen LogP contribution in [-0.2, 0) is 9.59 Å². The number of nitrogens with two attached hydrogens (primary N) is 1. The Morgan fingerprint density at radius 2 is 1.57 bits per heavy atom. The summed E-state index contributed by atoms with van der Waals surface area (Å²) in [6.45, 7) is 8.91. The molecule has 0 unspecified atom stereocenters. The molecule has 0 aliphatic carbocycles. The number of hydrogen-bond donors (Lipinski definition) is 3. The standard InChI is InChI=1S/C16H33N3O2/c1-12(2)9-7-5-6-8-10-18-14(20)11-19-16(21)15(17)13(3)4/h12-13,15H,5-11,17H2,1-4H3,(H,18,20)(H,19,21)/t15-/m0/s1. The van der Waals surface area contributed by atoms with Crippen molar-refractivity contribution in [3.63, 3.8) is 0 Å². The summed E-state index contributed by atoms with van der Waals surface area (Å²) in [5, 5.41) is 5.37. The highest BCUT2D eigenvalue weighted by Crippen LogP contribution is 2.08. The summed E-state index contributed by atoms with van der Waals surface area (Å²) in [6, 6.07) is -0.557. The van der Waals surface area contributed by atoms with Crippen molar-refractivity contribution in [3.8, 4) is 0 Å². The Hall–Kier alpha value is -1.10. The van der Waals surface area contributed by atoms with Gasteiger partial charge in [0.1, 0.15) is 0 Å². The van der Waals surface area contributed by atoms with Crippen molar-refractivity contribution in [2.45, 2.75) is 65.8 Å². The molecule has 0 spiro atoms. The van der Waals surface area contributed by atoms with Gasteiger partial charge in [-0.2, -0.15) is 0 Å². The molecule has 0 saturated carbocycles. The second-order valence-electron chi connectivity index (χ2n) is 6.43. The molecule has 0 saturated heterocycles. The molecule has 0 aliphatic rings. The van der Waals surface area contributed by atoms with Gasteiger partial charge in [0.05, 0.1) is 12.6 Å². The molecule has 4 N–H and O–H groups in total. The van der Waals surface area contributed by atoms with Gasteiger partial charge in [-0.15, -0.1) is 0 Å². The molecule has 2 amide bonds. The molecule has 0 aromatic rings. The number of nitrogens with one attached hydrogen (secondary N) is 2. The van der Waals surface area contributed by atoms with Gasteiger partial charge in [-0.05, 0) is 18.3 Å². The highest BCUT2D eigenvalue weighted by atomic mass is 16.2. The van der Waals surface area contributed by atoms with E-state index < -0.39 is 6.04 Å². The minimum atomic E-state index is -0.557. The molecule has 0 radical (unpaired) electrons. The average molecular weight is 299 g/mol. The predicted octanol–water partition coefficient (Wildman–Crippen LogP) is 1.81. The fourth-order valence-corrected chi connectivity index (χ4v) is 1.91. The fraction of sp³-hybridized carbons (Fsp3) is 0.875. The molecule has 124 valence electrons. The van der Waals surface area contributed by atoms with Crippen LogP contribution in [-0.4, -0.2) is 30.9 Å². The molecule has 0 fully saturated rings. The molecule has 0 heterocycles. The van der Waals surface area contributed by atoms with Gasteiger partial charge in [0.15, 0.2) is 0 Å². The van der Waals surface area contributed by atoms with Crippen LogP contribution in [0.1, 0.15) is 59.8 Å². The van der Waals surface area contributed by atoms with E-state index in [4.69, 9.17) is 5.73 Å². The van der Waals surface area contributed by atoms with Gasteiger partial charge >= 0.3 is 0 Å². The molecular formula is C16H33N3O2. The number of carbonyl (C=O) groups is 2. The molecule has 0 bridgehead atoms. The minimum Gasteiger partial charge on any atom is -0.355 e. The van der Waals surface area contributed by atoms with Crippen LogP contribution in [0, 0.1) is 11.8 Å². The van der Waals surface area contributed by atoms with Gasteiger partial charge in [0.25, 0.3) is 0 Å². The first-order chi connectivity index (χ1) is 9.84. The first kappa shape index (κ1) is 19.9. The lowest BCUT2D eigenvalue weighted by atomic mass is 10.0. The van der Waals surface area contributed by atoms with Gasteiger partial charge in [0.2, 0.25) is 11.8 Å². The average Bonchev–Trinajstić information content (AvgIpc) is 2.42. The molecule has 5 nitrogen and oxygen atoms in total. The van der Waals surface area contributed by atoms with E-state index in [1.807, 2.05) is 13.8 Å². The highest BCUT2D eigenvalue weighted by Gasteiger charge is 2.17. The van der Waals surface area contributed by atoms with E-state index in [9.17, 15) is 9.59 Å². The van der Waals surface area contributed by atoms with E-state index in [2.05, 4.69) is 24.5 Å². The Kier molecular flexibility index (Phi) is 10.9. The second-order valence-corrected chi connectivity index (χ2v) is 6.43. The van der Waals surface area contributed by atoms with Crippen LogP contribution in [0.2, 0.25) is 0 Å². The zero-order valence-electron chi connectivity index (χ0n) is 14.1. The van der Waals surface area contributed by atoms with Crippen molar-refractivity contribution >= 4 is 11.8 Å². The maximum absolute atomic E-state index is 11.6. The third-order valence-electron chi connectivity index (χ3n) is 3.47. The zero-order chi connectivity index (χ0) is 16.3. The van der Waals surface area contributed by atoms with Crippen molar-refractivity contribution in [2.75, 3.05) is 13.1 Å². The lowest BCUT2D eigenvalue weighted by Crippen LogP contribution is -2.47. The van der Waals surface area contributed by atoms with Crippen LogP contribution in [0.4, 0.5) is 0 Å². The number of rotatable bonds is 11. The normalized spacial score (nSPS) is 12.5. The van der Waals surface area contributed by atoms with E-state index in [1.54, 1.807) is 0 Å². The molecule has 0 aromatic carbocycles. The van der Waals surface area contributed by atoms with Crippen molar-refractivity contribution in [2.24, 2.45) is 17.6 Å². The maximum Gasteiger partial charge on any atom is 0.239 e. The Balaban J connectivity index is 3.53. The Bertz CT molecular complexity index is 304. The quantitative estimate of drug-likeness (QED) is 0.509. The monoisotopic (exact) mass is 299 g/mol. The number of amides is 2. The SMILES string of the molecule is CC(C)CCCCCCNC(=O)CNC(=O)[C@@H](N)C(C)C. The fourth-order valence-electron chi connectivity index (χ4n) is 1.91. The van der Waals surface area contributed by atoms with Crippen LogP contribution in [0.15, 0.2) is 0 Å². The van der Waals surface area contributed by atoms with Crippen LogP contribution in [0.5, 0.6) is 0 Å². The summed E-state index contributed by atoms with van der Waals surface area (Å²) in [5.74, 6) is 0.416. The van der Waals surface area contributed by atoms with Crippen molar-refractivity contribution < 1.29 is 9.59 Å². The smallest absolute Gasteiger partial charge is 0.239 e. The molecule has 0 aromatic heterocycles.